The van der Waals surface area contributed by atoms with Gasteiger partial charge in [-0.25, -0.2) is 38.1 Å². The molecule has 0 radical (unpaired) electrons. The SMILES string of the molecule is CCOC(=O)CCNP1(=O)OC[C@H]2O[C@@H](n3cnc4c(OCC)nc(N)nc43)[C@](C)(F)[C@@H]2O1.CCOC(=O)CCNP1(=O)OC[C@H]2O[C@@H](n3cnc4c(OCC)nc(N)nc43)[C@](C)(F)[C@@H]2O1. The number of nitrogens with zero attached hydrogens (tertiary/aromatic N) is 8. The number of nitrogens with one attached hydrogen (secondary N) is 2. The highest BCUT2D eigenvalue weighted by atomic mass is 31.2. The predicted octanol–water partition coefficient (Wildman–Crippen LogP) is 3.00. The molecule has 8 heterocycles. The van der Waals surface area contributed by atoms with Crippen molar-refractivity contribution in [2.24, 2.45) is 0 Å². The molecule has 2 unspecified atom stereocenters. The van der Waals surface area contributed by atoms with Crippen LogP contribution in [0.2, 0.25) is 0 Å². The van der Waals surface area contributed by atoms with Crippen LogP contribution in [0.5, 0.6) is 11.8 Å². The molecule has 0 bridgehead atoms. The lowest BCUT2D eigenvalue weighted by Gasteiger charge is -2.34. The first-order valence-electron chi connectivity index (χ1n) is 21.0. The summed E-state index contributed by atoms with van der Waals surface area (Å²) in [6.07, 6.45) is -3.99. The first kappa shape index (κ1) is 49.2. The molecule has 30 heteroatoms. The predicted molar refractivity (Wildman–Crippen MR) is 224 cm³/mol. The normalized spacial score (nSPS) is 31.5. The van der Waals surface area contributed by atoms with Crippen LogP contribution >= 0.6 is 15.5 Å². The van der Waals surface area contributed by atoms with Crippen LogP contribution in [-0.2, 0) is 55.8 Å². The van der Waals surface area contributed by atoms with E-state index in [1.54, 1.807) is 27.7 Å². The van der Waals surface area contributed by atoms with Crippen molar-refractivity contribution in [1.82, 2.24) is 49.2 Å². The molecule has 8 rings (SSSR count). The van der Waals surface area contributed by atoms with E-state index in [2.05, 4.69) is 40.1 Å². The molecular weight excluding hydrogens is 924 g/mol. The van der Waals surface area contributed by atoms with Crippen molar-refractivity contribution in [3.63, 3.8) is 0 Å². The Morgan fingerprint density at radius 3 is 1.47 bits per heavy atom. The first-order chi connectivity index (χ1) is 31.4. The molecule has 4 aromatic rings. The Hall–Kier alpha value is -4.76. The number of ether oxygens (including phenoxy) is 6. The fourth-order valence-electron chi connectivity index (χ4n) is 7.57. The first-order valence-corrected chi connectivity index (χ1v) is 24.1. The number of rotatable bonds is 16. The highest BCUT2D eigenvalue weighted by Gasteiger charge is 2.62. The topological polar surface area (TPSA) is 324 Å². The number of alkyl halides is 2. The van der Waals surface area contributed by atoms with Crippen LogP contribution in [0.1, 0.15) is 66.8 Å². The lowest BCUT2D eigenvalue weighted by Crippen LogP contribution is -2.46. The number of imidazole rings is 2. The molecule has 66 heavy (non-hydrogen) atoms. The van der Waals surface area contributed by atoms with Crippen molar-refractivity contribution in [2.45, 2.75) is 103 Å². The maximum Gasteiger partial charge on any atom is 0.406 e. The Labute approximate surface area is 375 Å². The molecule has 0 spiro atoms. The van der Waals surface area contributed by atoms with Gasteiger partial charge in [-0.15, -0.1) is 0 Å². The molecule has 4 aliphatic rings. The lowest BCUT2D eigenvalue weighted by molar-refractivity contribution is -0.143. The fourth-order valence-corrected chi connectivity index (χ4v) is 10.8. The molecular formula is C36H52F2N12O14P2. The van der Waals surface area contributed by atoms with E-state index in [9.17, 15) is 18.7 Å². The van der Waals surface area contributed by atoms with Crippen molar-refractivity contribution in [3.05, 3.63) is 12.7 Å². The van der Waals surface area contributed by atoms with E-state index in [4.69, 9.17) is 58.0 Å². The average Bonchev–Trinajstić information content (AvgIpc) is 3.99. The van der Waals surface area contributed by atoms with Gasteiger partial charge in [0.2, 0.25) is 23.7 Å². The van der Waals surface area contributed by atoms with Gasteiger partial charge in [0.1, 0.15) is 24.4 Å². The lowest BCUT2D eigenvalue weighted by atomic mass is 9.98. The van der Waals surface area contributed by atoms with E-state index < -0.39 is 75.6 Å². The standard InChI is InChI=1S/2C18H26FN6O7P/c2*1-4-28-11(26)6-7-22-33(27)30-8-10-13(32-33)18(3,19)16(31-10)25-9-21-12-14(25)23-17(20)24-15(12)29-5-2/h2*9-10,13,16H,4-8H2,1-3H3,(H,22,27)(H2,20,23,24)/t2*10-,13-,16-,18-,33?/m11/s1. The average molecular weight is 977 g/mol. The van der Waals surface area contributed by atoms with Crippen molar-refractivity contribution in [2.75, 3.05) is 64.2 Å². The molecule has 0 aromatic carbocycles. The monoisotopic (exact) mass is 976 g/mol. The van der Waals surface area contributed by atoms with Crippen LogP contribution in [0, 0.1) is 0 Å². The summed E-state index contributed by atoms with van der Waals surface area (Å²) < 4.78 is 115. The summed E-state index contributed by atoms with van der Waals surface area (Å²) in [6.45, 7) is 10.2. The van der Waals surface area contributed by atoms with E-state index >= 15 is 8.78 Å². The third-order valence-corrected chi connectivity index (χ3v) is 13.7. The van der Waals surface area contributed by atoms with Crippen LogP contribution in [0.3, 0.4) is 0 Å². The summed E-state index contributed by atoms with van der Waals surface area (Å²) in [4.78, 5) is 47.8. The van der Waals surface area contributed by atoms with Crippen LogP contribution in [-0.4, -0.2) is 139 Å². The molecule has 364 valence electrons. The maximum absolute atomic E-state index is 16.1. The molecule has 0 saturated carbocycles. The van der Waals surface area contributed by atoms with Crippen molar-refractivity contribution in [1.29, 1.82) is 0 Å². The fraction of sp³-hybridized carbons (Fsp3) is 0.667. The van der Waals surface area contributed by atoms with Gasteiger partial charge in [0.05, 0.1) is 65.1 Å². The van der Waals surface area contributed by atoms with E-state index in [0.717, 1.165) is 0 Å². The van der Waals surface area contributed by atoms with Crippen molar-refractivity contribution >= 4 is 61.7 Å². The number of esters is 2. The van der Waals surface area contributed by atoms with E-state index in [1.165, 1.54) is 35.6 Å². The minimum Gasteiger partial charge on any atom is -0.476 e. The summed E-state index contributed by atoms with van der Waals surface area (Å²) in [5.74, 6) is -0.733. The molecule has 4 fully saturated rings. The molecule has 4 aliphatic heterocycles. The van der Waals surface area contributed by atoms with Gasteiger partial charge in [0, 0.05) is 13.1 Å². The molecule has 0 aliphatic carbocycles. The second-order valence-electron chi connectivity index (χ2n) is 15.2. The zero-order valence-electron chi connectivity index (χ0n) is 36.8. The number of halogens is 2. The quantitative estimate of drug-likeness (QED) is 0.0926. The molecule has 26 nitrogen and oxygen atoms in total. The molecule has 0 amide bonds. The van der Waals surface area contributed by atoms with Crippen molar-refractivity contribution < 1.29 is 74.0 Å². The number of fused-ring (bicyclic) bond motifs is 4. The van der Waals surface area contributed by atoms with Crippen LogP contribution in [0.25, 0.3) is 22.3 Å². The van der Waals surface area contributed by atoms with Gasteiger partial charge in [-0.1, -0.05) is 0 Å². The Kier molecular flexibility index (Phi) is 14.8. The Bertz CT molecular complexity index is 2330. The van der Waals surface area contributed by atoms with Gasteiger partial charge in [0.15, 0.2) is 46.1 Å². The highest BCUT2D eigenvalue weighted by molar-refractivity contribution is 7.52. The van der Waals surface area contributed by atoms with E-state index in [-0.39, 0.29) is 87.3 Å². The zero-order valence-corrected chi connectivity index (χ0v) is 38.6. The Morgan fingerprint density at radius 1 is 0.712 bits per heavy atom. The number of carbonyl (C=O) groups is 2. The second-order valence-corrected chi connectivity index (χ2v) is 18.8. The van der Waals surface area contributed by atoms with Crippen LogP contribution in [0.4, 0.5) is 20.7 Å². The molecule has 4 saturated heterocycles. The summed E-state index contributed by atoms with van der Waals surface area (Å²) in [6, 6.07) is 0. The van der Waals surface area contributed by atoms with Crippen molar-refractivity contribution in [3.8, 4) is 11.8 Å². The minimum absolute atomic E-state index is 0.0245. The minimum atomic E-state index is -3.88. The third kappa shape index (κ3) is 10.1. The molecule has 6 N–H and O–H groups in total. The van der Waals surface area contributed by atoms with Gasteiger partial charge in [0.25, 0.3) is 0 Å². The number of anilines is 2. The van der Waals surface area contributed by atoms with Crippen LogP contribution in [0.15, 0.2) is 12.7 Å². The van der Waals surface area contributed by atoms with E-state index in [0.29, 0.717) is 24.2 Å². The summed E-state index contributed by atoms with van der Waals surface area (Å²) in [5, 5.41) is 5.12. The number of nitrogens with two attached hydrogens (primary N) is 2. The van der Waals surface area contributed by atoms with Gasteiger partial charge in [-0.2, -0.15) is 19.9 Å². The largest absolute Gasteiger partial charge is 0.476 e. The summed E-state index contributed by atoms with van der Waals surface area (Å²) >= 11 is 0. The number of aromatic nitrogens is 8. The van der Waals surface area contributed by atoms with Gasteiger partial charge >= 0.3 is 27.4 Å². The van der Waals surface area contributed by atoms with E-state index in [1.807, 2.05) is 0 Å². The number of carbonyl (C=O) groups excluding carboxylic acids is 2. The molecule has 10 atom stereocenters. The summed E-state index contributed by atoms with van der Waals surface area (Å²) in [7, 11) is -7.77. The van der Waals surface area contributed by atoms with Gasteiger partial charge in [-0.05, 0) is 41.5 Å². The maximum atomic E-state index is 16.1. The zero-order chi connectivity index (χ0) is 47.6. The Balaban J connectivity index is 0.000000196. The van der Waals surface area contributed by atoms with Gasteiger partial charge < -0.3 is 39.9 Å². The number of nitrogen functional groups attached to an aromatic ring is 2. The smallest absolute Gasteiger partial charge is 0.406 e. The highest BCUT2D eigenvalue weighted by Crippen LogP contribution is 2.58. The van der Waals surface area contributed by atoms with Gasteiger partial charge in [-0.3, -0.25) is 36.8 Å². The summed E-state index contributed by atoms with van der Waals surface area (Å²) in [5.41, 5.74) is 8.31. The number of hydrogen-bond donors (Lipinski definition) is 4. The Morgan fingerprint density at radius 2 is 1.11 bits per heavy atom. The second kappa shape index (κ2) is 19.8. The third-order valence-electron chi connectivity index (χ3n) is 10.4. The van der Waals surface area contributed by atoms with Crippen LogP contribution < -0.4 is 31.1 Å². The number of hydrogen-bond acceptors (Lipinski definition) is 22. The molecule has 4 aromatic heterocycles.